The lowest BCUT2D eigenvalue weighted by Gasteiger charge is -2.13. The maximum absolute atomic E-state index is 12.8. The molecule has 0 bridgehead atoms. The Kier molecular flexibility index (Phi) is 2.84. The predicted octanol–water partition coefficient (Wildman–Crippen LogP) is 3.07. The summed E-state index contributed by atoms with van der Waals surface area (Å²) in [6, 6.07) is 9.35. The normalized spacial score (nSPS) is 11.4. The molecule has 23 heavy (non-hydrogen) atoms. The third-order valence-electron chi connectivity index (χ3n) is 4.28. The van der Waals surface area contributed by atoms with Crippen LogP contribution in [0.4, 0.5) is 0 Å². The molecule has 0 radical (unpaired) electrons. The molecule has 0 N–H and O–H groups in total. The maximum Gasteiger partial charge on any atom is 0.263 e. The Labute approximate surface area is 131 Å². The molecule has 0 spiro atoms. The van der Waals surface area contributed by atoms with Crippen LogP contribution in [0, 0.1) is 0 Å². The molecule has 0 atom stereocenters. The standard InChI is InChI=1S/C18H15NO4/c1-21-13-5-4-10-6-7-19-17(10)16(13)11-8-14(22-2)15(23-3)9-12(11)18(19)20/h4-9H,1-3H3. The fourth-order valence-electron chi connectivity index (χ4n) is 3.20. The molecule has 2 aromatic carbocycles. The number of benzene rings is 2. The summed E-state index contributed by atoms with van der Waals surface area (Å²) in [6.07, 6.45) is 1.79. The summed E-state index contributed by atoms with van der Waals surface area (Å²) in [6.45, 7) is 0. The third kappa shape index (κ3) is 1.70. The van der Waals surface area contributed by atoms with Gasteiger partial charge in [-0.1, -0.05) is 0 Å². The molecule has 0 unspecified atom stereocenters. The lowest BCUT2D eigenvalue weighted by molar-refractivity contribution is 0.356. The SMILES string of the molecule is COc1cc2c(=O)n3ccc4ccc(OC)c(c2cc1OC)c43. The number of hydrogen-bond donors (Lipinski definition) is 0. The van der Waals surface area contributed by atoms with Crippen molar-refractivity contribution in [1.82, 2.24) is 4.40 Å². The number of fused-ring (bicyclic) bond motifs is 2. The highest BCUT2D eigenvalue weighted by atomic mass is 16.5. The van der Waals surface area contributed by atoms with Crippen LogP contribution in [0.5, 0.6) is 17.2 Å². The van der Waals surface area contributed by atoms with Crippen LogP contribution in [0.15, 0.2) is 41.3 Å². The Hall–Kier alpha value is -2.95. The first-order valence-corrected chi connectivity index (χ1v) is 7.18. The van der Waals surface area contributed by atoms with Gasteiger partial charge in [-0.2, -0.15) is 0 Å². The smallest absolute Gasteiger partial charge is 0.263 e. The quantitative estimate of drug-likeness (QED) is 0.546. The Bertz CT molecular complexity index is 1100. The largest absolute Gasteiger partial charge is 0.496 e. The third-order valence-corrected chi connectivity index (χ3v) is 4.28. The Morgan fingerprint density at radius 2 is 1.48 bits per heavy atom. The monoisotopic (exact) mass is 309 g/mol. The van der Waals surface area contributed by atoms with E-state index in [-0.39, 0.29) is 5.56 Å². The van der Waals surface area contributed by atoms with E-state index >= 15 is 0 Å². The van der Waals surface area contributed by atoms with Gasteiger partial charge in [-0.15, -0.1) is 0 Å². The first-order chi connectivity index (χ1) is 11.2. The number of ether oxygens (including phenoxy) is 3. The zero-order chi connectivity index (χ0) is 16.1. The molecule has 0 aliphatic heterocycles. The molecule has 116 valence electrons. The van der Waals surface area contributed by atoms with Crippen LogP contribution in [-0.2, 0) is 0 Å². The number of pyridine rings is 1. The molecule has 5 heteroatoms. The van der Waals surface area contributed by atoms with Gasteiger partial charge in [-0.25, -0.2) is 0 Å². The molecule has 5 nitrogen and oxygen atoms in total. The van der Waals surface area contributed by atoms with Crippen molar-refractivity contribution in [2.45, 2.75) is 0 Å². The van der Waals surface area contributed by atoms with E-state index < -0.39 is 0 Å². The minimum atomic E-state index is -0.0864. The van der Waals surface area contributed by atoms with E-state index in [0.29, 0.717) is 16.9 Å². The van der Waals surface area contributed by atoms with Crippen LogP contribution in [0.25, 0.3) is 27.1 Å². The molecule has 0 aliphatic carbocycles. The minimum Gasteiger partial charge on any atom is -0.496 e. The van der Waals surface area contributed by atoms with Crippen molar-refractivity contribution in [3.05, 3.63) is 46.9 Å². The van der Waals surface area contributed by atoms with Crippen molar-refractivity contribution in [3.63, 3.8) is 0 Å². The van der Waals surface area contributed by atoms with E-state index in [0.717, 1.165) is 27.4 Å². The number of methoxy groups -OCH3 is 3. The molecule has 0 saturated heterocycles. The first kappa shape index (κ1) is 13.7. The summed E-state index contributed by atoms with van der Waals surface area (Å²) >= 11 is 0. The first-order valence-electron chi connectivity index (χ1n) is 7.18. The average Bonchev–Trinajstić information content (AvgIpc) is 3.02. The van der Waals surface area contributed by atoms with Gasteiger partial charge in [0.25, 0.3) is 5.56 Å². The molecule has 0 fully saturated rings. The van der Waals surface area contributed by atoms with Gasteiger partial charge in [0.2, 0.25) is 0 Å². The summed E-state index contributed by atoms with van der Waals surface area (Å²) in [5, 5.41) is 3.25. The van der Waals surface area contributed by atoms with E-state index in [2.05, 4.69) is 0 Å². The molecule has 4 rings (SSSR count). The van der Waals surface area contributed by atoms with Crippen LogP contribution in [0.3, 0.4) is 0 Å². The molecule has 0 saturated carbocycles. The van der Waals surface area contributed by atoms with Crippen molar-refractivity contribution in [2.75, 3.05) is 21.3 Å². The fourth-order valence-corrected chi connectivity index (χ4v) is 3.20. The van der Waals surface area contributed by atoms with E-state index in [1.807, 2.05) is 24.3 Å². The highest BCUT2D eigenvalue weighted by Gasteiger charge is 2.18. The highest BCUT2D eigenvalue weighted by molar-refractivity contribution is 6.15. The average molecular weight is 309 g/mol. The summed E-state index contributed by atoms with van der Waals surface area (Å²) in [4.78, 5) is 12.8. The van der Waals surface area contributed by atoms with Gasteiger partial charge < -0.3 is 14.2 Å². The molecule has 0 aliphatic rings. The highest BCUT2D eigenvalue weighted by Crippen LogP contribution is 2.39. The Balaban J connectivity index is 2.34. The van der Waals surface area contributed by atoms with Crippen molar-refractivity contribution in [1.29, 1.82) is 0 Å². The summed E-state index contributed by atoms with van der Waals surface area (Å²) in [5.41, 5.74) is 0.769. The molecular weight excluding hydrogens is 294 g/mol. The maximum atomic E-state index is 12.8. The second-order valence-corrected chi connectivity index (χ2v) is 5.32. The van der Waals surface area contributed by atoms with E-state index in [4.69, 9.17) is 14.2 Å². The van der Waals surface area contributed by atoms with Crippen LogP contribution >= 0.6 is 0 Å². The summed E-state index contributed by atoms with van der Waals surface area (Å²) in [5.74, 6) is 1.83. The van der Waals surface area contributed by atoms with Crippen LogP contribution in [0.1, 0.15) is 0 Å². The zero-order valence-electron chi connectivity index (χ0n) is 13.0. The van der Waals surface area contributed by atoms with Gasteiger partial charge in [-0.3, -0.25) is 9.20 Å². The Morgan fingerprint density at radius 1 is 0.826 bits per heavy atom. The van der Waals surface area contributed by atoms with Crippen LogP contribution in [0.2, 0.25) is 0 Å². The second-order valence-electron chi connectivity index (χ2n) is 5.32. The molecule has 2 aromatic heterocycles. The molecule has 2 heterocycles. The van der Waals surface area contributed by atoms with Crippen molar-refractivity contribution in [2.24, 2.45) is 0 Å². The molecule has 0 amide bonds. The van der Waals surface area contributed by atoms with Crippen LogP contribution in [-0.4, -0.2) is 25.7 Å². The van der Waals surface area contributed by atoms with Gasteiger partial charge in [0, 0.05) is 22.4 Å². The Morgan fingerprint density at radius 3 is 2.13 bits per heavy atom. The van der Waals surface area contributed by atoms with Crippen LogP contribution < -0.4 is 19.8 Å². The van der Waals surface area contributed by atoms with Crippen molar-refractivity contribution < 1.29 is 14.2 Å². The second kappa shape index (κ2) is 4.78. The lowest BCUT2D eigenvalue weighted by Crippen LogP contribution is -2.12. The van der Waals surface area contributed by atoms with E-state index in [1.54, 1.807) is 38.0 Å². The van der Waals surface area contributed by atoms with Gasteiger partial charge in [0.15, 0.2) is 11.5 Å². The number of hydrogen-bond acceptors (Lipinski definition) is 4. The van der Waals surface area contributed by atoms with E-state index in [1.165, 1.54) is 0 Å². The van der Waals surface area contributed by atoms with Gasteiger partial charge in [0.1, 0.15) is 5.75 Å². The predicted molar refractivity (Wildman–Crippen MR) is 89.5 cm³/mol. The minimum absolute atomic E-state index is 0.0864. The number of aromatic nitrogens is 1. The van der Waals surface area contributed by atoms with Crippen molar-refractivity contribution in [3.8, 4) is 17.2 Å². The molecular formula is C18H15NO4. The zero-order valence-corrected chi connectivity index (χ0v) is 13.0. The summed E-state index contributed by atoms with van der Waals surface area (Å²) in [7, 11) is 4.76. The topological polar surface area (TPSA) is 49.2 Å². The van der Waals surface area contributed by atoms with Crippen molar-refractivity contribution >= 4 is 27.1 Å². The number of rotatable bonds is 3. The van der Waals surface area contributed by atoms with Gasteiger partial charge >= 0.3 is 0 Å². The number of nitrogens with zero attached hydrogens (tertiary/aromatic N) is 1. The van der Waals surface area contributed by atoms with Gasteiger partial charge in [-0.05, 0) is 30.3 Å². The van der Waals surface area contributed by atoms with E-state index in [9.17, 15) is 4.79 Å². The lowest BCUT2D eigenvalue weighted by atomic mass is 10.0. The molecule has 4 aromatic rings. The van der Waals surface area contributed by atoms with Gasteiger partial charge in [0.05, 0.1) is 32.2 Å². The summed E-state index contributed by atoms with van der Waals surface area (Å²) < 4.78 is 17.9. The fraction of sp³-hybridized carbons (Fsp3) is 0.167.